The Morgan fingerprint density at radius 1 is 1.35 bits per heavy atom. The maximum absolute atomic E-state index is 6.00. The van der Waals surface area contributed by atoms with Crippen molar-refractivity contribution in [3.05, 3.63) is 12.4 Å². The molecule has 1 aliphatic rings. The summed E-state index contributed by atoms with van der Waals surface area (Å²) >= 11 is 0. The van der Waals surface area contributed by atoms with Crippen LogP contribution in [0.15, 0.2) is 12.4 Å². The fourth-order valence-corrected chi connectivity index (χ4v) is 2.46. The summed E-state index contributed by atoms with van der Waals surface area (Å²) in [6.45, 7) is 9.08. The zero-order valence-electron chi connectivity index (χ0n) is 12.8. The van der Waals surface area contributed by atoms with Gasteiger partial charge in [-0.1, -0.05) is 13.8 Å². The summed E-state index contributed by atoms with van der Waals surface area (Å²) in [5.41, 5.74) is 0. The Hall–Kier alpha value is -1.07. The standard InChI is InChI=1S/C15H27N3O2/c1-4-7-16-13-9-14(15(13)19-8-5-2)20-12-10-17-18(6-3)11-12/h10-11,13-16H,4-9H2,1-3H3. The largest absolute Gasteiger partial charge is 0.484 e. The summed E-state index contributed by atoms with van der Waals surface area (Å²) in [4.78, 5) is 0. The van der Waals surface area contributed by atoms with E-state index in [0.717, 1.165) is 44.7 Å². The maximum Gasteiger partial charge on any atom is 0.157 e. The van der Waals surface area contributed by atoms with Crippen LogP contribution in [-0.2, 0) is 11.3 Å². The first kappa shape index (κ1) is 15.3. The summed E-state index contributed by atoms with van der Waals surface area (Å²) in [7, 11) is 0. The fourth-order valence-electron chi connectivity index (χ4n) is 2.46. The average Bonchev–Trinajstić information content (AvgIpc) is 2.90. The first-order valence-corrected chi connectivity index (χ1v) is 7.82. The second-order valence-electron chi connectivity index (χ2n) is 5.32. The summed E-state index contributed by atoms with van der Waals surface area (Å²) in [6.07, 6.45) is 7.23. The van der Waals surface area contributed by atoms with Crippen molar-refractivity contribution in [1.82, 2.24) is 15.1 Å². The van der Waals surface area contributed by atoms with Crippen LogP contribution in [0.1, 0.15) is 40.0 Å². The summed E-state index contributed by atoms with van der Waals surface area (Å²) in [5, 5.41) is 7.77. The predicted molar refractivity (Wildman–Crippen MR) is 79.0 cm³/mol. The number of ether oxygens (including phenoxy) is 2. The number of aromatic nitrogens is 2. The zero-order chi connectivity index (χ0) is 14.4. The van der Waals surface area contributed by atoms with Crippen LogP contribution in [0.3, 0.4) is 0 Å². The van der Waals surface area contributed by atoms with E-state index >= 15 is 0 Å². The van der Waals surface area contributed by atoms with Crippen LogP contribution in [0.4, 0.5) is 0 Å². The normalized spacial score (nSPS) is 25.4. The number of hydrogen-bond acceptors (Lipinski definition) is 4. The highest BCUT2D eigenvalue weighted by molar-refractivity contribution is 5.14. The fraction of sp³-hybridized carbons (Fsp3) is 0.800. The molecule has 5 nitrogen and oxygen atoms in total. The highest BCUT2D eigenvalue weighted by Crippen LogP contribution is 2.29. The summed E-state index contributed by atoms with van der Waals surface area (Å²) in [6, 6.07) is 0.424. The SMILES string of the molecule is CCCNC1CC(Oc2cnn(CC)c2)C1OCCC. The minimum absolute atomic E-state index is 0.144. The summed E-state index contributed by atoms with van der Waals surface area (Å²) in [5.74, 6) is 0.843. The van der Waals surface area contributed by atoms with Gasteiger partial charge >= 0.3 is 0 Å². The van der Waals surface area contributed by atoms with Gasteiger partial charge in [-0.3, -0.25) is 4.68 Å². The van der Waals surface area contributed by atoms with Gasteiger partial charge in [-0.15, -0.1) is 0 Å². The molecular weight excluding hydrogens is 254 g/mol. The molecule has 2 rings (SSSR count). The second kappa shape index (κ2) is 7.64. The third-order valence-electron chi connectivity index (χ3n) is 3.64. The van der Waals surface area contributed by atoms with E-state index < -0.39 is 0 Å². The van der Waals surface area contributed by atoms with E-state index in [0.29, 0.717) is 6.04 Å². The molecule has 3 unspecified atom stereocenters. The number of rotatable bonds is 9. The Labute approximate surface area is 121 Å². The molecule has 1 saturated carbocycles. The first-order valence-electron chi connectivity index (χ1n) is 7.82. The molecule has 0 saturated heterocycles. The van der Waals surface area contributed by atoms with Crippen LogP contribution in [0, 0.1) is 0 Å². The highest BCUT2D eigenvalue weighted by Gasteiger charge is 2.43. The van der Waals surface area contributed by atoms with Gasteiger partial charge in [0.15, 0.2) is 5.75 Å². The zero-order valence-corrected chi connectivity index (χ0v) is 12.8. The Morgan fingerprint density at radius 3 is 2.85 bits per heavy atom. The molecule has 0 radical (unpaired) electrons. The van der Waals surface area contributed by atoms with Crippen molar-refractivity contribution in [1.29, 1.82) is 0 Å². The number of aryl methyl sites for hydroxylation is 1. The molecular formula is C15H27N3O2. The van der Waals surface area contributed by atoms with E-state index in [1.165, 1.54) is 0 Å². The monoisotopic (exact) mass is 281 g/mol. The first-order chi connectivity index (χ1) is 9.78. The van der Waals surface area contributed by atoms with Gasteiger partial charge in [0.05, 0.1) is 12.4 Å². The van der Waals surface area contributed by atoms with E-state index in [2.05, 4.69) is 31.2 Å². The lowest BCUT2D eigenvalue weighted by Gasteiger charge is -2.44. The lowest BCUT2D eigenvalue weighted by molar-refractivity contribution is -0.107. The van der Waals surface area contributed by atoms with Gasteiger partial charge in [0.2, 0.25) is 0 Å². The van der Waals surface area contributed by atoms with Crippen LogP contribution >= 0.6 is 0 Å². The van der Waals surface area contributed by atoms with E-state index in [1.807, 2.05) is 10.9 Å². The van der Waals surface area contributed by atoms with Crippen molar-refractivity contribution in [2.75, 3.05) is 13.2 Å². The maximum atomic E-state index is 6.00. The van der Waals surface area contributed by atoms with E-state index in [4.69, 9.17) is 9.47 Å². The van der Waals surface area contributed by atoms with E-state index in [1.54, 1.807) is 6.20 Å². The third-order valence-corrected chi connectivity index (χ3v) is 3.64. The van der Waals surface area contributed by atoms with Gasteiger partial charge in [0, 0.05) is 25.6 Å². The van der Waals surface area contributed by atoms with Crippen LogP contribution in [0.2, 0.25) is 0 Å². The molecule has 1 heterocycles. The van der Waals surface area contributed by atoms with Crippen molar-refractivity contribution < 1.29 is 9.47 Å². The molecule has 114 valence electrons. The van der Waals surface area contributed by atoms with Gasteiger partial charge in [-0.25, -0.2) is 0 Å². The van der Waals surface area contributed by atoms with Crippen LogP contribution < -0.4 is 10.1 Å². The molecule has 1 aliphatic carbocycles. The predicted octanol–water partition coefficient (Wildman–Crippen LogP) is 2.22. The lowest BCUT2D eigenvalue weighted by atomic mass is 9.85. The van der Waals surface area contributed by atoms with E-state index in [9.17, 15) is 0 Å². The minimum Gasteiger partial charge on any atom is -0.484 e. The van der Waals surface area contributed by atoms with Crippen molar-refractivity contribution in [2.45, 2.75) is 64.8 Å². The topological polar surface area (TPSA) is 48.3 Å². The smallest absolute Gasteiger partial charge is 0.157 e. The quantitative estimate of drug-likeness (QED) is 0.754. The minimum atomic E-state index is 0.144. The van der Waals surface area contributed by atoms with E-state index in [-0.39, 0.29) is 12.2 Å². The van der Waals surface area contributed by atoms with Crippen molar-refractivity contribution in [3.8, 4) is 5.75 Å². The molecule has 0 aromatic carbocycles. The van der Waals surface area contributed by atoms with Gasteiger partial charge in [-0.2, -0.15) is 5.10 Å². The molecule has 1 N–H and O–H groups in total. The molecule has 3 atom stereocenters. The molecule has 0 spiro atoms. The van der Waals surface area contributed by atoms with Crippen LogP contribution in [0.5, 0.6) is 5.75 Å². The number of nitrogens with zero attached hydrogens (tertiary/aromatic N) is 2. The van der Waals surface area contributed by atoms with Gasteiger partial charge in [0.25, 0.3) is 0 Å². The van der Waals surface area contributed by atoms with Crippen molar-refractivity contribution in [2.24, 2.45) is 0 Å². The summed E-state index contributed by atoms with van der Waals surface area (Å²) < 4.78 is 13.8. The molecule has 1 aromatic heterocycles. The average molecular weight is 281 g/mol. The Balaban J connectivity index is 1.86. The van der Waals surface area contributed by atoms with Crippen molar-refractivity contribution >= 4 is 0 Å². The molecule has 20 heavy (non-hydrogen) atoms. The number of hydrogen-bond donors (Lipinski definition) is 1. The lowest BCUT2D eigenvalue weighted by Crippen LogP contribution is -2.61. The molecule has 5 heteroatoms. The number of nitrogens with one attached hydrogen (secondary N) is 1. The molecule has 0 aliphatic heterocycles. The van der Waals surface area contributed by atoms with Gasteiger partial charge < -0.3 is 14.8 Å². The van der Waals surface area contributed by atoms with Gasteiger partial charge in [0.1, 0.15) is 12.2 Å². The molecule has 1 fully saturated rings. The second-order valence-corrected chi connectivity index (χ2v) is 5.32. The molecule has 0 amide bonds. The molecule has 0 bridgehead atoms. The van der Waals surface area contributed by atoms with Gasteiger partial charge in [-0.05, 0) is 26.3 Å². The highest BCUT2D eigenvalue weighted by atomic mass is 16.5. The molecule has 1 aromatic rings. The Morgan fingerprint density at radius 2 is 2.20 bits per heavy atom. The third kappa shape index (κ3) is 3.73. The Bertz CT molecular complexity index is 394. The Kier molecular flexibility index (Phi) is 5.86. The van der Waals surface area contributed by atoms with Crippen LogP contribution in [-0.4, -0.2) is 41.2 Å². The van der Waals surface area contributed by atoms with Crippen LogP contribution in [0.25, 0.3) is 0 Å². The van der Waals surface area contributed by atoms with Crippen molar-refractivity contribution in [3.63, 3.8) is 0 Å².